The number of nitrogens with zero attached hydrogens (tertiary/aromatic N) is 2. The van der Waals surface area contributed by atoms with Crippen molar-refractivity contribution in [1.29, 1.82) is 0 Å². The smallest absolute Gasteiger partial charge is 0.410 e. The van der Waals surface area contributed by atoms with Gasteiger partial charge >= 0.3 is 6.09 Å². The molecule has 0 radical (unpaired) electrons. The molecule has 2 heterocycles. The van der Waals surface area contributed by atoms with E-state index in [9.17, 15) is 4.79 Å². The number of fused-ring (bicyclic) bond motifs is 1. The lowest BCUT2D eigenvalue weighted by atomic mass is 9.91. The maximum atomic E-state index is 12.2. The Kier molecular flexibility index (Phi) is 5.42. The molecule has 7 heteroatoms. The number of carbonyl (C=O) groups excluding carboxylic acids is 1. The van der Waals surface area contributed by atoms with Crippen molar-refractivity contribution in [1.82, 2.24) is 15.1 Å². The van der Waals surface area contributed by atoms with Crippen LogP contribution in [0.2, 0.25) is 0 Å². The summed E-state index contributed by atoms with van der Waals surface area (Å²) < 4.78 is 17.9. The van der Waals surface area contributed by atoms with Crippen LogP contribution in [0.1, 0.15) is 52.1 Å². The van der Waals surface area contributed by atoms with Crippen molar-refractivity contribution < 1.29 is 19.0 Å². The maximum absolute atomic E-state index is 12.2. The summed E-state index contributed by atoms with van der Waals surface area (Å²) in [6.45, 7) is 9.07. The number of hydrogen-bond donors (Lipinski definition) is 1. The highest BCUT2D eigenvalue weighted by molar-refractivity contribution is 5.87. The molecule has 2 aromatic rings. The number of aromatic nitrogens is 2. The first-order valence-corrected chi connectivity index (χ1v) is 10.5. The summed E-state index contributed by atoms with van der Waals surface area (Å²) in [4.78, 5) is 13.9. The van der Waals surface area contributed by atoms with Gasteiger partial charge in [0.2, 0.25) is 0 Å². The van der Waals surface area contributed by atoms with E-state index in [1.807, 2.05) is 45.9 Å². The molecule has 0 unspecified atom stereocenters. The second-order valence-electron chi connectivity index (χ2n) is 9.13. The molecule has 0 atom stereocenters. The van der Waals surface area contributed by atoms with Crippen LogP contribution in [0.15, 0.2) is 18.2 Å². The zero-order chi connectivity index (χ0) is 20.6. The van der Waals surface area contributed by atoms with Crippen molar-refractivity contribution in [3.05, 3.63) is 23.9 Å². The van der Waals surface area contributed by atoms with Crippen LogP contribution in [-0.2, 0) is 9.47 Å². The first-order chi connectivity index (χ1) is 13.8. The van der Waals surface area contributed by atoms with E-state index in [1.54, 1.807) is 4.90 Å². The van der Waals surface area contributed by atoms with Crippen LogP contribution >= 0.6 is 0 Å². The molecule has 2 aliphatic rings. The van der Waals surface area contributed by atoms with Crippen molar-refractivity contribution in [2.24, 2.45) is 0 Å². The van der Waals surface area contributed by atoms with Crippen LogP contribution < -0.4 is 4.74 Å². The third-order valence-corrected chi connectivity index (χ3v) is 5.55. The normalized spacial score (nSPS) is 23.1. The predicted octanol–water partition coefficient (Wildman–Crippen LogP) is 4.20. The lowest BCUT2D eigenvalue weighted by Gasteiger charge is -2.40. The number of likely N-dealkylation sites (tertiary alicyclic amines) is 1. The molecule has 1 aliphatic carbocycles. The molecule has 1 N–H and O–H groups in total. The first-order valence-electron chi connectivity index (χ1n) is 10.5. The van der Waals surface area contributed by atoms with E-state index in [-0.39, 0.29) is 24.4 Å². The van der Waals surface area contributed by atoms with Gasteiger partial charge in [-0.05, 0) is 52.7 Å². The molecule has 0 bridgehead atoms. The summed E-state index contributed by atoms with van der Waals surface area (Å²) in [5, 5.41) is 8.38. The van der Waals surface area contributed by atoms with Gasteiger partial charge in [-0.15, -0.1) is 0 Å². The van der Waals surface area contributed by atoms with Gasteiger partial charge < -0.3 is 19.1 Å². The van der Waals surface area contributed by atoms with Crippen molar-refractivity contribution in [3.8, 4) is 5.75 Å². The van der Waals surface area contributed by atoms with Crippen LogP contribution in [0.25, 0.3) is 10.9 Å². The number of aromatic amines is 1. The molecule has 4 rings (SSSR count). The van der Waals surface area contributed by atoms with Gasteiger partial charge in [0.05, 0.1) is 23.1 Å². The van der Waals surface area contributed by atoms with Gasteiger partial charge in [0.15, 0.2) is 0 Å². The second kappa shape index (κ2) is 7.86. The Labute approximate surface area is 171 Å². The van der Waals surface area contributed by atoms with Crippen molar-refractivity contribution in [2.75, 3.05) is 13.1 Å². The first kappa shape index (κ1) is 20.0. The fourth-order valence-electron chi connectivity index (χ4n) is 3.97. The Hall–Kier alpha value is -2.28. The third-order valence-electron chi connectivity index (χ3n) is 5.55. The number of amides is 1. The Morgan fingerprint density at radius 1 is 1.14 bits per heavy atom. The van der Waals surface area contributed by atoms with Crippen molar-refractivity contribution >= 4 is 17.0 Å². The Morgan fingerprint density at radius 2 is 1.86 bits per heavy atom. The van der Waals surface area contributed by atoms with Crippen LogP contribution in [-0.4, -0.2) is 58.2 Å². The van der Waals surface area contributed by atoms with Crippen LogP contribution in [0.4, 0.5) is 4.79 Å². The number of benzene rings is 1. The molecule has 158 valence electrons. The van der Waals surface area contributed by atoms with Crippen LogP contribution in [0.5, 0.6) is 5.75 Å². The molecule has 7 nitrogen and oxygen atoms in total. The van der Waals surface area contributed by atoms with E-state index in [0.717, 1.165) is 48.0 Å². The molecule has 1 saturated carbocycles. The highest BCUT2D eigenvalue weighted by Gasteiger charge is 2.35. The average molecular weight is 402 g/mol. The monoisotopic (exact) mass is 401 g/mol. The summed E-state index contributed by atoms with van der Waals surface area (Å²) >= 11 is 0. The summed E-state index contributed by atoms with van der Waals surface area (Å²) in [6.07, 6.45) is 3.92. The molecule has 1 aromatic carbocycles. The lowest BCUT2D eigenvalue weighted by molar-refractivity contribution is -0.109. The number of carbonyl (C=O) groups is 1. The average Bonchev–Trinajstić information content (AvgIpc) is 3.01. The number of piperidine rings is 1. The molecular formula is C22H31N3O4. The Balaban J connectivity index is 1.21. The van der Waals surface area contributed by atoms with E-state index in [2.05, 4.69) is 10.2 Å². The largest absolute Gasteiger partial charge is 0.489 e. The zero-order valence-corrected chi connectivity index (χ0v) is 17.7. The van der Waals surface area contributed by atoms with E-state index in [1.165, 1.54) is 0 Å². The van der Waals surface area contributed by atoms with Crippen molar-refractivity contribution in [3.63, 3.8) is 0 Å². The number of nitrogens with one attached hydrogen (secondary N) is 1. The molecule has 29 heavy (non-hydrogen) atoms. The molecule has 1 amide bonds. The van der Waals surface area contributed by atoms with Gasteiger partial charge in [-0.1, -0.05) is 6.07 Å². The van der Waals surface area contributed by atoms with Crippen LogP contribution in [0.3, 0.4) is 0 Å². The number of aryl methyl sites for hydroxylation is 1. The number of hydrogen-bond acceptors (Lipinski definition) is 5. The van der Waals surface area contributed by atoms with Gasteiger partial charge in [0.25, 0.3) is 0 Å². The quantitative estimate of drug-likeness (QED) is 0.831. The zero-order valence-electron chi connectivity index (χ0n) is 17.7. The minimum atomic E-state index is -0.454. The maximum Gasteiger partial charge on any atom is 0.410 e. The molecule has 1 aromatic heterocycles. The molecule has 2 fully saturated rings. The summed E-state index contributed by atoms with van der Waals surface area (Å²) in [5.74, 6) is 0.892. The minimum absolute atomic E-state index is 0.182. The standard InChI is InChI=1S/C22H31N3O4/c1-14-20-18(24-23-14)6-5-7-19(20)28-17-12-16(13-17)27-15-8-10-25(11-9-15)21(26)29-22(2,3)4/h5-7,15-17H,8-13H2,1-4H3,(H,23,24). The summed E-state index contributed by atoms with van der Waals surface area (Å²) in [6, 6.07) is 5.97. The third kappa shape index (κ3) is 4.66. The van der Waals surface area contributed by atoms with E-state index < -0.39 is 5.60 Å². The summed E-state index contributed by atoms with van der Waals surface area (Å²) in [5.41, 5.74) is 1.51. The number of H-pyrrole nitrogens is 1. The van der Waals surface area contributed by atoms with E-state index in [0.29, 0.717) is 13.1 Å². The highest BCUT2D eigenvalue weighted by atomic mass is 16.6. The van der Waals surface area contributed by atoms with E-state index in [4.69, 9.17) is 14.2 Å². The Morgan fingerprint density at radius 3 is 2.55 bits per heavy atom. The van der Waals surface area contributed by atoms with Gasteiger partial charge in [0, 0.05) is 31.6 Å². The van der Waals surface area contributed by atoms with Gasteiger partial charge in [-0.2, -0.15) is 5.10 Å². The van der Waals surface area contributed by atoms with E-state index >= 15 is 0 Å². The van der Waals surface area contributed by atoms with Gasteiger partial charge in [-0.3, -0.25) is 5.10 Å². The lowest BCUT2D eigenvalue weighted by Crippen LogP contribution is -2.46. The second-order valence-corrected chi connectivity index (χ2v) is 9.13. The SMILES string of the molecule is Cc1[nH]nc2cccc(OC3CC(OC4CCN(C(=O)OC(C)(C)C)CC4)C3)c12. The molecule has 0 spiro atoms. The minimum Gasteiger partial charge on any atom is -0.489 e. The topological polar surface area (TPSA) is 76.7 Å². The summed E-state index contributed by atoms with van der Waals surface area (Å²) in [7, 11) is 0. The Bertz CT molecular complexity index is 859. The molecule has 1 aliphatic heterocycles. The predicted molar refractivity (Wildman–Crippen MR) is 110 cm³/mol. The fraction of sp³-hybridized carbons (Fsp3) is 0.636. The molecule has 1 saturated heterocycles. The molecular weight excluding hydrogens is 370 g/mol. The highest BCUT2D eigenvalue weighted by Crippen LogP contribution is 2.34. The van der Waals surface area contributed by atoms with Gasteiger partial charge in [-0.25, -0.2) is 4.79 Å². The fourth-order valence-corrected chi connectivity index (χ4v) is 3.97. The van der Waals surface area contributed by atoms with Crippen LogP contribution in [0, 0.1) is 6.92 Å². The van der Waals surface area contributed by atoms with Crippen molar-refractivity contribution in [2.45, 2.75) is 77.3 Å². The van der Waals surface area contributed by atoms with Gasteiger partial charge in [0.1, 0.15) is 17.5 Å². The number of rotatable bonds is 4. The number of ether oxygens (including phenoxy) is 3.